The van der Waals surface area contributed by atoms with Gasteiger partial charge in [0.05, 0.1) is 0 Å². The summed E-state index contributed by atoms with van der Waals surface area (Å²) in [5.74, 6) is 0.140. The molecule has 0 saturated heterocycles. The lowest BCUT2D eigenvalue weighted by molar-refractivity contribution is 0.0730. The van der Waals surface area contributed by atoms with E-state index in [2.05, 4.69) is 6.07 Å². The van der Waals surface area contributed by atoms with Crippen molar-refractivity contribution in [1.29, 1.82) is 0 Å². The maximum atomic E-state index is 12.1. The monoisotopic (exact) mass is 233 g/mol. The van der Waals surface area contributed by atoms with E-state index in [0.717, 1.165) is 36.1 Å². The summed E-state index contributed by atoms with van der Waals surface area (Å²) in [5, 5.41) is 8.81. The molecule has 0 spiro atoms. The van der Waals surface area contributed by atoms with Crippen LogP contribution in [0.3, 0.4) is 0 Å². The van der Waals surface area contributed by atoms with Gasteiger partial charge in [0.2, 0.25) is 0 Å². The molecule has 0 unspecified atom stereocenters. The average Bonchev–Trinajstić information content (AvgIpc) is 2.64. The number of hydrogen-bond acceptors (Lipinski definition) is 2. The quantitative estimate of drug-likeness (QED) is 0.863. The third kappa shape index (κ3) is 2.34. The van der Waals surface area contributed by atoms with Crippen molar-refractivity contribution in [1.82, 2.24) is 4.90 Å². The van der Waals surface area contributed by atoms with Crippen LogP contribution in [0.1, 0.15) is 41.8 Å². The molecule has 0 radical (unpaired) electrons. The van der Waals surface area contributed by atoms with Gasteiger partial charge in [-0.3, -0.25) is 4.79 Å². The zero-order valence-corrected chi connectivity index (χ0v) is 10.4. The first kappa shape index (κ1) is 12.1. The van der Waals surface area contributed by atoms with Crippen molar-refractivity contribution < 1.29 is 9.90 Å². The predicted molar refractivity (Wildman–Crippen MR) is 66.9 cm³/mol. The van der Waals surface area contributed by atoms with Crippen LogP contribution in [0.2, 0.25) is 0 Å². The SMILES string of the molecule is CC(C)N1Cc2ccc(CCCO)cc2C1=O. The van der Waals surface area contributed by atoms with Crippen molar-refractivity contribution in [3.05, 3.63) is 34.9 Å². The molecule has 0 saturated carbocycles. The van der Waals surface area contributed by atoms with Crippen LogP contribution in [0.4, 0.5) is 0 Å². The summed E-state index contributed by atoms with van der Waals surface area (Å²) in [7, 11) is 0. The van der Waals surface area contributed by atoms with Gasteiger partial charge in [0.25, 0.3) is 5.91 Å². The Kier molecular flexibility index (Phi) is 3.48. The molecule has 0 aliphatic carbocycles. The molecule has 92 valence electrons. The number of aryl methyl sites for hydroxylation is 1. The van der Waals surface area contributed by atoms with Gasteiger partial charge >= 0.3 is 0 Å². The van der Waals surface area contributed by atoms with Gasteiger partial charge in [-0.1, -0.05) is 12.1 Å². The molecule has 1 aromatic carbocycles. The zero-order valence-electron chi connectivity index (χ0n) is 10.4. The highest BCUT2D eigenvalue weighted by molar-refractivity contribution is 5.98. The summed E-state index contributed by atoms with van der Waals surface area (Å²) in [5.41, 5.74) is 3.10. The number of nitrogens with zero attached hydrogens (tertiary/aromatic N) is 1. The molecular weight excluding hydrogens is 214 g/mol. The van der Waals surface area contributed by atoms with Crippen LogP contribution in [0, 0.1) is 0 Å². The molecule has 0 atom stereocenters. The van der Waals surface area contributed by atoms with E-state index in [1.54, 1.807) is 0 Å². The van der Waals surface area contributed by atoms with Crippen LogP contribution in [0.15, 0.2) is 18.2 Å². The molecule has 17 heavy (non-hydrogen) atoms. The number of carbonyl (C=O) groups excluding carboxylic acids is 1. The standard InChI is InChI=1S/C14H19NO2/c1-10(2)15-9-12-6-5-11(4-3-7-16)8-13(12)14(15)17/h5-6,8,10,16H,3-4,7,9H2,1-2H3. The molecule has 3 nitrogen and oxygen atoms in total. The summed E-state index contributed by atoms with van der Waals surface area (Å²) in [6.45, 7) is 5.00. The van der Waals surface area contributed by atoms with E-state index in [0.29, 0.717) is 0 Å². The van der Waals surface area contributed by atoms with Gasteiger partial charge in [-0.15, -0.1) is 0 Å². The Labute approximate surface area is 102 Å². The number of aliphatic hydroxyl groups is 1. The van der Waals surface area contributed by atoms with Crippen molar-refractivity contribution in [3.63, 3.8) is 0 Å². The highest BCUT2D eigenvalue weighted by Crippen LogP contribution is 2.25. The number of rotatable bonds is 4. The van der Waals surface area contributed by atoms with Crippen LogP contribution in [0.25, 0.3) is 0 Å². The lowest BCUT2D eigenvalue weighted by atomic mass is 10.0. The fourth-order valence-electron chi connectivity index (χ4n) is 2.23. The van der Waals surface area contributed by atoms with Crippen molar-refractivity contribution in [2.45, 2.75) is 39.3 Å². The van der Waals surface area contributed by atoms with Crippen LogP contribution >= 0.6 is 0 Å². The van der Waals surface area contributed by atoms with E-state index < -0.39 is 0 Å². The third-order valence-electron chi connectivity index (χ3n) is 3.25. The Morgan fingerprint density at radius 3 is 2.82 bits per heavy atom. The Morgan fingerprint density at radius 1 is 1.41 bits per heavy atom. The molecule has 1 aliphatic heterocycles. The molecule has 1 amide bonds. The number of carbonyl (C=O) groups is 1. The number of amides is 1. The second kappa shape index (κ2) is 4.88. The van der Waals surface area contributed by atoms with Crippen LogP contribution in [-0.2, 0) is 13.0 Å². The molecule has 0 fully saturated rings. The summed E-state index contributed by atoms with van der Waals surface area (Å²) in [6, 6.07) is 6.33. The van der Waals surface area contributed by atoms with Gasteiger partial charge in [-0.25, -0.2) is 0 Å². The molecule has 1 aliphatic rings. The van der Waals surface area contributed by atoms with Gasteiger partial charge in [-0.2, -0.15) is 0 Å². The lowest BCUT2D eigenvalue weighted by Gasteiger charge is -2.19. The second-order valence-electron chi connectivity index (χ2n) is 4.85. The fourth-order valence-corrected chi connectivity index (χ4v) is 2.23. The third-order valence-corrected chi connectivity index (χ3v) is 3.25. The van der Waals surface area contributed by atoms with E-state index >= 15 is 0 Å². The molecule has 2 rings (SSSR count). The topological polar surface area (TPSA) is 40.5 Å². The largest absolute Gasteiger partial charge is 0.396 e. The molecule has 3 heteroatoms. The van der Waals surface area contributed by atoms with E-state index in [1.165, 1.54) is 0 Å². The first-order valence-electron chi connectivity index (χ1n) is 6.17. The second-order valence-corrected chi connectivity index (χ2v) is 4.85. The summed E-state index contributed by atoms with van der Waals surface area (Å²) in [4.78, 5) is 14.0. The highest BCUT2D eigenvalue weighted by atomic mass is 16.2. The molecule has 1 aromatic rings. The molecular formula is C14H19NO2. The minimum atomic E-state index is 0.140. The maximum absolute atomic E-state index is 12.1. The van der Waals surface area contributed by atoms with Crippen LogP contribution < -0.4 is 0 Å². The molecule has 0 aromatic heterocycles. The summed E-state index contributed by atoms with van der Waals surface area (Å²) < 4.78 is 0. The van der Waals surface area contributed by atoms with Crippen molar-refractivity contribution in [2.24, 2.45) is 0 Å². The van der Waals surface area contributed by atoms with E-state index in [4.69, 9.17) is 5.11 Å². The van der Waals surface area contributed by atoms with E-state index in [1.807, 2.05) is 30.9 Å². The average molecular weight is 233 g/mol. The van der Waals surface area contributed by atoms with E-state index in [9.17, 15) is 4.79 Å². The van der Waals surface area contributed by atoms with Crippen LogP contribution in [-0.4, -0.2) is 28.6 Å². The Balaban J connectivity index is 2.22. The minimum absolute atomic E-state index is 0.140. The lowest BCUT2D eigenvalue weighted by Crippen LogP contribution is -2.30. The molecule has 1 N–H and O–H groups in total. The normalized spacial score (nSPS) is 14.6. The van der Waals surface area contributed by atoms with Crippen molar-refractivity contribution >= 4 is 5.91 Å². The van der Waals surface area contributed by atoms with Crippen LogP contribution in [0.5, 0.6) is 0 Å². The van der Waals surface area contributed by atoms with E-state index in [-0.39, 0.29) is 18.6 Å². The van der Waals surface area contributed by atoms with Gasteiger partial charge in [0, 0.05) is 24.8 Å². The number of fused-ring (bicyclic) bond motifs is 1. The number of hydrogen-bond donors (Lipinski definition) is 1. The van der Waals surface area contributed by atoms with Gasteiger partial charge < -0.3 is 10.0 Å². The smallest absolute Gasteiger partial charge is 0.254 e. The Hall–Kier alpha value is -1.35. The maximum Gasteiger partial charge on any atom is 0.254 e. The summed E-state index contributed by atoms with van der Waals surface area (Å²) >= 11 is 0. The molecule has 1 heterocycles. The Bertz CT molecular complexity index is 426. The van der Waals surface area contributed by atoms with Gasteiger partial charge in [0.15, 0.2) is 0 Å². The van der Waals surface area contributed by atoms with Crippen molar-refractivity contribution in [2.75, 3.05) is 6.61 Å². The number of aliphatic hydroxyl groups excluding tert-OH is 1. The minimum Gasteiger partial charge on any atom is -0.396 e. The summed E-state index contributed by atoms with van der Waals surface area (Å²) in [6.07, 6.45) is 1.58. The Morgan fingerprint density at radius 2 is 2.18 bits per heavy atom. The predicted octanol–water partition coefficient (Wildman–Crippen LogP) is 1.98. The number of benzene rings is 1. The highest BCUT2D eigenvalue weighted by Gasteiger charge is 2.28. The zero-order chi connectivity index (χ0) is 12.4. The first-order valence-corrected chi connectivity index (χ1v) is 6.17. The molecule has 0 bridgehead atoms. The fraction of sp³-hybridized carbons (Fsp3) is 0.500. The van der Waals surface area contributed by atoms with Crippen molar-refractivity contribution in [3.8, 4) is 0 Å². The van der Waals surface area contributed by atoms with Gasteiger partial charge in [0.1, 0.15) is 0 Å². The van der Waals surface area contributed by atoms with Gasteiger partial charge in [-0.05, 0) is 43.9 Å². The first-order chi connectivity index (χ1) is 8.13.